The van der Waals surface area contributed by atoms with E-state index < -0.39 is 4.92 Å². The maximum Gasteiger partial charge on any atom is 0.269 e. The second kappa shape index (κ2) is 5.27. The van der Waals surface area contributed by atoms with Crippen LogP contribution >= 0.6 is 12.4 Å². The summed E-state index contributed by atoms with van der Waals surface area (Å²) in [5.41, 5.74) is 7.19. The van der Waals surface area contributed by atoms with E-state index >= 15 is 0 Å². The predicted molar refractivity (Wildman–Crippen MR) is 64.6 cm³/mol. The molecule has 2 N–H and O–H groups in total. The maximum atomic E-state index is 10.5. The zero-order chi connectivity index (χ0) is 10.8. The first-order chi connectivity index (χ1) is 7.18. The predicted octanol–water partition coefficient (Wildman–Crippen LogP) is 2.82. The third-order valence-electron chi connectivity index (χ3n) is 3.15. The number of nitro benzene ring substituents is 1. The molecular formula is C11H15ClN2O2. The largest absolute Gasteiger partial charge is 0.324 e. The van der Waals surface area contributed by atoms with Crippen LogP contribution in [0.5, 0.6) is 0 Å². The Kier molecular flexibility index (Phi) is 4.26. The summed E-state index contributed by atoms with van der Waals surface area (Å²) in [4.78, 5) is 10.1. The Morgan fingerprint density at radius 3 is 2.25 bits per heavy atom. The zero-order valence-corrected chi connectivity index (χ0v) is 9.65. The fraction of sp³-hybridized carbons (Fsp3) is 0.455. The summed E-state index contributed by atoms with van der Waals surface area (Å²) in [6, 6.07) is 6.61. The van der Waals surface area contributed by atoms with Gasteiger partial charge in [0.05, 0.1) is 4.92 Å². The van der Waals surface area contributed by atoms with Gasteiger partial charge < -0.3 is 5.73 Å². The highest BCUT2D eigenvalue weighted by molar-refractivity contribution is 5.85. The van der Waals surface area contributed by atoms with Crippen molar-refractivity contribution in [2.45, 2.75) is 25.3 Å². The molecule has 1 aromatic carbocycles. The lowest BCUT2D eigenvalue weighted by Crippen LogP contribution is -2.26. The van der Waals surface area contributed by atoms with Crippen LogP contribution in [0.1, 0.15) is 30.9 Å². The lowest BCUT2D eigenvalue weighted by Gasteiger charge is -2.31. The molecule has 88 valence electrons. The molecule has 0 heterocycles. The maximum absolute atomic E-state index is 10.5. The Morgan fingerprint density at radius 2 is 1.88 bits per heavy atom. The van der Waals surface area contributed by atoms with E-state index in [1.165, 1.54) is 31.4 Å². The van der Waals surface area contributed by atoms with E-state index in [2.05, 4.69) is 0 Å². The van der Waals surface area contributed by atoms with Crippen molar-refractivity contribution in [1.82, 2.24) is 0 Å². The number of nitrogens with zero attached hydrogens (tertiary/aromatic N) is 1. The number of benzene rings is 1. The zero-order valence-electron chi connectivity index (χ0n) is 8.83. The van der Waals surface area contributed by atoms with Gasteiger partial charge in [-0.2, -0.15) is 0 Å². The van der Waals surface area contributed by atoms with Crippen LogP contribution in [-0.2, 0) is 0 Å². The first kappa shape index (κ1) is 12.9. The van der Waals surface area contributed by atoms with Gasteiger partial charge in [0.25, 0.3) is 5.69 Å². The van der Waals surface area contributed by atoms with Crippen LogP contribution in [0.15, 0.2) is 24.3 Å². The average Bonchev–Trinajstić information content (AvgIpc) is 2.15. The van der Waals surface area contributed by atoms with E-state index in [0.717, 1.165) is 5.56 Å². The molecule has 1 saturated carbocycles. The van der Waals surface area contributed by atoms with Crippen LogP contribution in [0.25, 0.3) is 0 Å². The second-order valence-electron chi connectivity index (χ2n) is 4.07. The molecule has 1 aromatic rings. The van der Waals surface area contributed by atoms with Crippen LogP contribution in [-0.4, -0.2) is 4.92 Å². The molecule has 4 nitrogen and oxygen atoms in total. The SMILES string of the molecule is Cl.N[C@H](c1ccc([N+](=O)[O-])cc1)C1CCC1. The molecule has 0 aromatic heterocycles. The molecule has 1 aliphatic rings. The summed E-state index contributed by atoms with van der Waals surface area (Å²) in [5.74, 6) is 0.562. The minimum atomic E-state index is -0.390. The summed E-state index contributed by atoms with van der Waals surface area (Å²) < 4.78 is 0. The third-order valence-corrected chi connectivity index (χ3v) is 3.15. The van der Waals surface area contributed by atoms with Gasteiger partial charge in [-0.3, -0.25) is 10.1 Å². The van der Waals surface area contributed by atoms with Gasteiger partial charge in [-0.25, -0.2) is 0 Å². The number of halogens is 1. The van der Waals surface area contributed by atoms with Crippen molar-refractivity contribution in [3.05, 3.63) is 39.9 Å². The Bertz CT molecular complexity index is 363. The number of non-ortho nitro benzene ring substituents is 1. The summed E-state index contributed by atoms with van der Waals surface area (Å²) in [5, 5.41) is 10.5. The monoisotopic (exact) mass is 242 g/mol. The third kappa shape index (κ3) is 2.51. The summed E-state index contributed by atoms with van der Waals surface area (Å²) in [6.07, 6.45) is 3.61. The molecule has 0 spiro atoms. The molecule has 1 aliphatic carbocycles. The van der Waals surface area contributed by atoms with E-state index in [0.29, 0.717) is 5.92 Å². The molecule has 0 bridgehead atoms. The first-order valence-corrected chi connectivity index (χ1v) is 5.18. The Labute approximate surface area is 100 Å². The van der Waals surface area contributed by atoms with Crippen LogP contribution in [0.2, 0.25) is 0 Å². The Morgan fingerprint density at radius 1 is 1.31 bits per heavy atom. The van der Waals surface area contributed by atoms with Gasteiger partial charge in [0.15, 0.2) is 0 Å². The standard InChI is InChI=1S/C11H14N2O2.ClH/c12-11(8-2-1-3-8)9-4-6-10(7-5-9)13(14)15;/h4-8,11H,1-3,12H2;1H/t11-;/m0./s1. The van der Waals surface area contributed by atoms with Gasteiger partial charge in [0.1, 0.15) is 0 Å². The molecule has 5 heteroatoms. The number of hydrogen-bond donors (Lipinski definition) is 1. The van der Waals surface area contributed by atoms with Crippen LogP contribution in [0.3, 0.4) is 0 Å². The molecule has 0 saturated heterocycles. The molecular weight excluding hydrogens is 228 g/mol. The van der Waals surface area contributed by atoms with Gasteiger partial charge in [0.2, 0.25) is 0 Å². The minimum Gasteiger partial charge on any atom is -0.324 e. The first-order valence-electron chi connectivity index (χ1n) is 5.18. The van der Waals surface area contributed by atoms with Gasteiger partial charge in [-0.15, -0.1) is 12.4 Å². The number of rotatable bonds is 3. The lowest BCUT2D eigenvalue weighted by molar-refractivity contribution is -0.384. The van der Waals surface area contributed by atoms with Gasteiger partial charge >= 0.3 is 0 Å². The highest BCUT2D eigenvalue weighted by atomic mass is 35.5. The van der Waals surface area contributed by atoms with Crippen LogP contribution in [0.4, 0.5) is 5.69 Å². The molecule has 2 rings (SSSR count). The molecule has 1 fully saturated rings. The van der Waals surface area contributed by atoms with Crippen molar-refractivity contribution >= 4 is 18.1 Å². The van der Waals surface area contributed by atoms with Crippen molar-refractivity contribution in [2.24, 2.45) is 11.7 Å². The van der Waals surface area contributed by atoms with E-state index in [4.69, 9.17) is 5.73 Å². The number of nitrogens with two attached hydrogens (primary N) is 1. The quantitative estimate of drug-likeness (QED) is 0.655. The Balaban J connectivity index is 0.00000128. The molecule has 0 aliphatic heterocycles. The van der Waals surface area contributed by atoms with Crippen molar-refractivity contribution in [3.8, 4) is 0 Å². The summed E-state index contributed by atoms with van der Waals surface area (Å²) in [7, 11) is 0. The molecule has 0 radical (unpaired) electrons. The lowest BCUT2D eigenvalue weighted by atomic mass is 9.77. The normalized spacial score (nSPS) is 17.1. The number of nitro groups is 1. The van der Waals surface area contributed by atoms with Crippen molar-refractivity contribution in [1.29, 1.82) is 0 Å². The highest BCUT2D eigenvalue weighted by Crippen LogP contribution is 2.36. The van der Waals surface area contributed by atoms with E-state index in [-0.39, 0.29) is 24.1 Å². The van der Waals surface area contributed by atoms with Gasteiger partial charge in [-0.1, -0.05) is 18.6 Å². The number of hydrogen-bond acceptors (Lipinski definition) is 3. The van der Waals surface area contributed by atoms with Crippen LogP contribution in [0, 0.1) is 16.0 Å². The average molecular weight is 243 g/mol. The fourth-order valence-corrected chi connectivity index (χ4v) is 1.89. The second-order valence-corrected chi connectivity index (χ2v) is 4.07. The fourth-order valence-electron chi connectivity index (χ4n) is 1.89. The smallest absolute Gasteiger partial charge is 0.269 e. The molecule has 0 unspecified atom stereocenters. The van der Waals surface area contributed by atoms with Crippen molar-refractivity contribution < 1.29 is 4.92 Å². The van der Waals surface area contributed by atoms with Gasteiger partial charge in [-0.05, 0) is 24.3 Å². The summed E-state index contributed by atoms with van der Waals surface area (Å²) >= 11 is 0. The Hall–Kier alpha value is -1.13. The molecule has 1 atom stereocenters. The van der Waals surface area contributed by atoms with E-state index in [1.807, 2.05) is 0 Å². The van der Waals surface area contributed by atoms with E-state index in [9.17, 15) is 10.1 Å². The summed E-state index contributed by atoms with van der Waals surface area (Å²) in [6.45, 7) is 0. The molecule has 0 amide bonds. The topological polar surface area (TPSA) is 69.2 Å². The highest BCUT2D eigenvalue weighted by Gasteiger charge is 2.25. The van der Waals surface area contributed by atoms with Gasteiger partial charge in [0, 0.05) is 18.2 Å². The van der Waals surface area contributed by atoms with Crippen LogP contribution < -0.4 is 5.73 Å². The van der Waals surface area contributed by atoms with Crippen molar-refractivity contribution in [3.63, 3.8) is 0 Å². The molecule has 16 heavy (non-hydrogen) atoms. The van der Waals surface area contributed by atoms with E-state index in [1.54, 1.807) is 12.1 Å². The van der Waals surface area contributed by atoms with Crippen molar-refractivity contribution in [2.75, 3.05) is 0 Å². The minimum absolute atomic E-state index is 0.